The molecule has 0 N–H and O–H groups in total. The third kappa shape index (κ3) is 3.86. The van der Waals surface area contributed by atoms with E-state index in [0.717, 1.165) is 45.4 Å². The van der Waals surface area contributed by atoms with Crippen molar-refractivity contribution >= 4 is 44.6 Å². The predicted molar refractivity (Wildman–Crippen MR) is 177 cm³/mol. The standard InChI is InChI=1S/C40H33NO/c1-26-12-14-27(15-13-26)28-16-18-29(19-17-28)41(30-21-23-39-35(24-30)34-9-5-7-11-38(34)42-39)31-20-22-33-32-8-4-6-10-36(32)40(2,3)37(33)25-31/h4-12,14-26H,13H2,1-3H3. The van der Waals surface area contributed by atoms with Gasteiger partial charge in [-0.1, -0.05) is 99.7 Å². The van der Waals surface area contributed by atoms with Gasteiger partial charge in [0.25, 0.3) is 0 Å². The molecule has 204 valence electrons. The number of nitrogens with zero attached hydrogens (tertiary/aromatic N) is 1. The van der Waals surface area contributed by atoms with E-state index in [1.165, 1.54) is 33.4 Å². The number of hydrogen-bond acceptors (Lipinski definition) is 2. The number of furan rings is 1. The smallest absolute Gasteiger partial charge is 0.135 e. The molecule has 0 fully saturated rings. The molecule has 0 saturated heterocycles. The fraction of sp³-hybridized carbons (Fsp3) is 0.150. The van der Waals surface area contributed by atoms with Crippen LogP contribution in [0.15, 0.2) is 132 Å². The van der Waals surface area contributed by atoms with Crippen LogP contribution in [0.25, 0.3) is 38.6 Å². The summed E-state index contributed by atoms with van der Waals surface area (Å²) in [6.45, 7) is 6.95. The summed E-state index contributed by atoms with van der Waals surface area (Å²) >= 11 is 0. The van der Waals surface area contributed by atoms with Gasteiger partial charge in [0.1, 0.15) is 11.2 Å². The maximum absolute atomic E-state index is 6.18. The monoisotopic (exact) mass is 543 g/mol. The van der Waals surface area contributed by atoms with Crippen LogP contribution in [-0.4, -0.2) is 0 Å². The molecule has 2 aliphatic rings. The normalized spacial score (nSPS) is 16.8. The molecule has 0 spiro atoms. The van der Waals surface area contributed by atoms with Gasteiger partial charge < -0.3 is 9.32 Å². The first kappa shape index (κ1) is 24.9. The van der Waals surface area contributed by atoms with Gasteiger partial charge in [-0.3, -0.25) is 0 Å². The van der Waals surface area contributed by atoms with Gasteiger partial charge in [-0.25, -0.2) is 0 Å². The second-order valence-electron chi connectivity index (χ2n) is 12.3. The van der Waals surface area contributed by atoms with E-state index >= 15 is 0 Å². The molecule has 8 rings (SSSR count). The first-order chi connectivity index (χ1) is 20.5. The summed E-state index contributed by atoms with van der Waals surface area (Å²) in [6.07, 6.45) is 8.02. The average Bonchev–Trinajstić information content (AvgIpc) is 3.50. The Bertz CT molecular complexity index is 2050. The van der Waals surface area contributed by atoms with E-state index in [9.17, 15) is 0 Å². The highest BCUT2D eigenvalue weighted by molar-refractivity contribution is 6.06. The van der Waals surface area contributed by atoms with Crippen LogP contribution in [0.3, 0.4) is 0 Å². The molecule has 0 aliphatic heterocycles. The summed E-state index contributed by atoms with van der Waals surface area (Å²) in [7, 11) is 0. The van der Waals surface area contributed by atoms with Gasteiger partial charge >= 0.3 is 0 Å². The lowest BCUT2D eigenvalue weighted by atomic mass is 9.82. The van der Waals surface area contributed by atoms with E-state index in [4.69, 9.17) is 4.42 Å². The van der Waals surface area contributed by atoms with Crippen molar-refractivity contribution in [2.75, 3.05) is 4.90 Å². The second-order valence-corrected chi connectivity index (χ2v) is 12.3. The van der Waals surface area contributed by atoms with Gasteiger partial charge in [-0.2, -0.15) is 0 Å². The zero-order valence-electron chi connectivity index (χ0n) is 24.3. The van der Waals surface area contributed by atoms with Crippen LogP contribution in [-0.2, 0) is 5.41 Å². The first-order valence-corrected chi connectivity index (χ1v) is 14.9. The van der Waals surface area contributed by atoms with Gasteiger partial charge in [0, 0.05) is 33.2 Å². The number of benzene rings is 5. The van der Waals surface area contributed by atoms with Crippen LogP contribution in [0, 0.1) is 5.92 Å². The predicted octanol–water partition coefficient (Wildman–Crippen LogP) is 11.3. The fourth-order valence-corrected chi connectivity index (χ4v) is 6.88. The van der Waals surface area contributed by atoms with Gasteiger partial charge in [-0.05, 0) is 94.3 Å². The van der Waals surface area contributed by atoms with Crippen LogP contribution < -0.4 is 4.90 Å². The minimum atomic E-state index is -0.0703. The van der Waals surface area contributed by atoms with Gasteiger partial charge in [0.2, 0.25) is 0 Å². The van der Waals surface area contributed by atoms with Crippen molar-refractivity contribution in [1.29, 1.82) is 0 Å². The van der Waals surface area contributed by atoms with Crippen molar-refractivity contribution in [2.45, 2.75) is 32.6 Å². The van der Waals surface area contributed by atoms with Crippen LogP contribution in [0.4, 0.5) is 17.1 Å². The summed E-state index contributed by atoms with van der Waals surface area (Å²) in [5.74, 6) is 0.604. The molecule has 2 aliphatic carbocycles. The van der Waals surface area contributed by atoms with Crippen molar-refractivity contribution in [3.8, 4) is 11.1 Å². The van der Waals surface area contributed by atoms with E-state index < -0.39 is 0 Å². The average molecular weight is 544 g/mol. The Hall–Kier alpha value is -4.82. The summed E-state index contributed by atoms with van der Waals surface area (Å²) in [4.78, 5) is 2.39. The molecule has 1 atom stereocenters. The van der Waals surface area contributed by atoms with Crippen LogP contribution in [0.1, 0.15) is 43.9 Å². The molecule has 2 nitrogen and oxygen atoms in total. The van der Waals surface area contributed by atoms with Crippen LogP contribution >= 0.6 is 0 Å². The quantitative estimate of drug-likeness (QED) is 0.220. The number of allylic oxidation sites excluding steroid dienone is 4. The maximum Gasteiger partial charge on any atom is 0.135 e. The molecule has 5 aromatic carbocycles. The molecule has 0 bridgehead atoms. The summed E-state index contributed by atoms with van der Waals surface area (Å²) in [5.41, 5.74) is 13.1. The molecular weight excluding hydrogens is 510 g/mol. The Balaban J connectivity index is 1.29. The third-order valence-electron chi connectivity index (χ3n) is 9.22. The molecule has 0 radical (unpaired) electrons. The topological polar surface area (TPSA) is 16.4 Å². The van der Waals surface area contributed by atoms with Crippen LogP contribution in [0.5, 0.6) is 0 Å². The number of rotatable bonds is 4. The highest BCUT2D eigenvalue weighted by Gasteiger charge is 2.35. The molecule has 42 heavy (non-hydrogen) atoms. The van der Waals surface area contributed by atoms with Gasteiger partial charge in [0.05, 0.1) is 0 Å². The zero-order chi connectivity index (χ0) is 28.4. The molecule has 1 unspecified atom stereocenters. The summed E-state index contributed by atoms with van der Waals surface area (Å²) < 4.78 is 6.18. The Morgan fingerprint density at radius 2 is 1.36 bits per heavy atom. The lowest BCUT2D eigenvalue weighted by molar-refractivity contribution is 0.660. The lowest BCUT2D eigenvalue weighted by Crippen LogP contribution is -2.16. The van der Waals surface area contributed by atoms with Crippen molar-refractivity contribution in [3.63, 3.8) is 0 Å². The molecular formula is C40H33NO. The highest BCUT2D eigenvalue weighted by Crippen LogP contribution is 2.50. The van der Waals surface area contributed by atoms with E-state index in [-0.39, 0.29) is 5.41 Å². The Kier molecular flexibility index (Phi) is 5.55. The Morgan fingerprint density at radius 3 is 2.19 bits per heavy atom. The minimum absolute atomic E-state index is 0.0703. The molecule has 6 aromatic rings. The highest BCUT2D eigenvalue weighted by atomic mass is 16.3. The molecule has 1 aromatic heterocycles. The second kappa shape index (κ2) is 9.36. The Labute approximate surface area is 247 Å². The maximum atomic E-state index is 6.18. The largest absolute Gasteiger partial charge is 0.456 e. The molecule has 0 amide bonds. The number of hydrogen-bond donors (Lipinski definition) is 0. The van der Waals surface area contributed by atoms with Crippen molar-refractivity contribution in [2.24, 2.45) is 5.92 Å². The number of fused-ring (bicyclic) bond motifs is 6. The lowest BCUT2D eigenvalue weighted by Gasteiger charge is -2.28. The van der Waals surface area contributed by atoms with Gasteiger partial charge in [-0.15, -0.1) is 0 Å². The summed E-state index contributed by atoms with van der Waals surface area (Å²) in [6, 6.07) is 39.7. The zero-order valence-corrected chi connectivity index (χ0v) is 24.3. The SMILES string of the molecule is CC1C=CC(c2ccc(N(c3ccc4c(c3)C(C)(C)c3ccccc3-4)c3ccc4oc5ccccc5c4c3)cc2)=CC1. The third-order valence-corrected chi connectivity index (χ3v) is 9.22. The van der Waals surface area contributed by atoms with E-state index in [0.29, 0.717) is 5.92 Å². The number of anilines is 3. The van der Waals surface area contributed by atoms with Crippen molar-refractivity contribution < 1.29 is 4.42 Å². The minimum Gasteiger partial charge on any atom is -0.456 e. The van der Waals surface area contributed by atoms with Crippen LogP contribution in [0.2, 0.25) is 0 Å². The van der Waals surface area contributed by atoms with E-state index in [2.05, 4.69) is 141 Å². The van der Waals surface area contributed by atoms with Gasteiger partial charge in [0.15, 0.2) is 0 Å². The molecule has 0 saturated carbocycles. The summed E-state index contributed by atoms with van der Waals surface area (Å²) in [5, 5.41) is 2.27. The first-order valence-electron chi connectivity index (χ1n) is 14.9. The molecule has 1 heterocycles. The van der Waals surface area contributed by atoms with E-state index in [1.54, 1.807) is 0 Å². The van der Waals surface area contributed by atoms with Crippen molar-refractivity contribution in [1.82, 2.24) is 0 Å². The van der Waals surface area contributed by atoms with E-state index in [1.807, 2.05) is 12.1 Å². The molecule has 2 heteroatoms. The fourth-order valence-electron chi connectivity index (χ4n) is 6.88. The number of para-hydroxylation sites is 1. The van der Waals surface area contributed by atoms with Crippen molar-refractivity contribution in [3.05, 3.63) is 144 Å². The Morgan fingerprint density at radius 1 is 0.667 bits per heavy atom.